The van der Waals surface area contributed by atoms with Crippen molar-refractivity contribution in [3.8, 4) is 5.75 Å². The summed E-state index contributed by atoms with van der Waals surface area (Å²) >= 11 is 0. The highest BCUT2D eigenvalue weighted by Gasteiger charge is 2.24. The predicted octanol–water partition coefficient (Wildman–Crippen LogP) is 2.64. The van der Waals surface area contributed by atoms with Crippen LogP contribution in [-0.2, 0) is 24.8 Å². The van der Waals surface area contributed by atoms with E-state index in [-0.39, 0.29) is 33.7 Å². The average Bonchev–Trinajstić information content (AvgIpc) is 2.78. The maximum atomic E-state index is 13.0. The normalized spacial score (nSPS) is 13.5. The van der Waals surface area contributed by atoms with Gasteiger partial charge in [-0.15, -0.1) is 0 Å². The van der Waals surface area contributed by atoms with Gasteiger partial charge in [-0.1, -0.05) is 24.3 Å². The monoisotopic (exact) mass is 473 g/mol. The largest absolute Gasteiger partial charge is 0.482 e. The zero-order valence-electron chi connectivity index (χ0n) is 16.8. The molecule has 0 atom stereocenters. The third-order valence-corrected chi connectivity index (χ3v) is 7.92. The van der Waals surface area contributed by atoms with Crippen LogP contribution in [0.4, 0.5) is 17.1 Å². The molecule has 1 amide bonds. The van der Waals surface area contributed by atoms with Gasteiger partial charge in [-0.3, -0.25) is 13.8 Å². The molecular formula is C21H19N3O6S2. The summed E-state index contributed by atoms with van der Waals surface area (Å²) < 4.78 is 60.5. The van der Waals surface area contributed by atoms with Crippen LogP contribution in [0.15, 0.2) is 82.6 Å². The maximum Gasteiger partial charge on any atom is 0.264 e. The van der Waals surface area contributed by atoms with Gasteiger partial charge in [0.1, 0.15) is 5.75 Å². The van der Waals surface area contributed by atoms with Gasteiger partial charge in [-0.05, 0) is 48.5 Å². The molecule has 0 radical (unpaired) electrons. The third-order valence-electron chi connectivity index (χ3n) is 4.76. The molecule has 0 saturated heterocycles. The lowest BCUT2D eigenvalue weighted by Crippen LogP contribution is -2.26. The number of para-hydroxylation sites is 1. The highest BCUT2D eigenvalue weighted by molar-refractivity contribution is 7.93. The van der Waals surface area contributed by atoms with Crippen LogP contribution in [0.5, 0.6) is 5.75 Å². The number of nitrogens with one attached hydrogen (secondary N) is 2. The first kappa shape index (κ1) is 21.7. The van der Waals surface area contributed by atoms with Crippen molar-refractivity contribution in [3.05, 3.63) is 72.8 Å². The predicted molar refractivity (Wildman–Crippen MR) is 120 cm³/mol. The Balaban J connectivity index is 1.61. The van der Waals surface area contributed by atoms with Crippen LogP contribution in [-0.4, -0.2) is 36.4 Å². The highest BCUT2D eigenvalue weighted by atomic mass is 32.2. The van der Waals surface area contributed by atoms with Crippen LogP contribution >= 0.6 is 0 Å². The molecule has 0 aliphatic carbocycles. The SMILES string of the molecule is CN(c1ccccc1)S(=O)(=O)c1cccc(NS(=O)(=O)c2ccc3c(c2)NC(=O)CO3)c1. The lowest BCUT2D eigenvalue weighted by atomic mass is 10.2. The molecule has 4 rings (SSSR count). The Kier molecular flexibility index (Phi) is 5.53. The molecule has 1 heterocycles. The van der Waals surface area contributed by atoms with Crippen molar-refractivity contribution < 1.29 is 26.4 Å². The van der Waals surface area contributed by atoms with Gasteiger partial charge in [-0.2, -0.15) is 0 Å². The van der Waals surface area contributed by atoms with Crippen molar-refractivity contribution in [2.75, 3.05) is 28.0 Å². The van der Waals surface area contributed by atoms with Crippen molar-refractivity contribution in [3.63, 3.8) is 0 Å². The van der Waals surface area contributed by atoms with Crippen LogP contribution in [0.25, 0.3) is 0 Å². The second-order valence-corrected chi connectivity index (χ2v) is 10.6. The molecule has 0 fully saturated rings. The third kappa shape index (κ3) is 4.25. The van der Waals surface area contributed by atoms with Gasteiger partial charge in [0.25, 0.3) is 26.0 Å². The van der Waals surface area contributed by atoms with Crippen molar-refractivity contribution in [1.82, 2.24) is 0 Å². The Bertz CT molecular complexity index is 1390. The minimum atomic E-state index is -4.06. The summed E-state index contributed by atoms with van der Waals surface area (Å²) in [5.74, 6) is -0.0268. The number of hydrogen-bond donors (Lipinski definition) is 2. The van der Waals surface area contributed by atoms with E-state index in [1.807, 2.05) is 0 Å². The average molecular weight is 474 g/mol. The number of carbonyl (C=O) groups is 1. The number of sulfonamides is 2. The molecular weight excluding hydrogens is 454 g/mol. The number of fused-ring (bicyclic) bond motifs is 1. The summed E-state index contributed by atoms with van der Waals surface area (Å²) in [5, 5.41) is 2.55. The van der Waals surface area contributed by atoms with E-state index in [1.165, 1.54) is 49.5 Å². The van der Waals surface area contributed by atoms with Gasteiger partial charge in [0, 0.05) is 7.05 Å². The van der Waals surface area contributed by atoms with Crippen molar-refractivity contribution in [1.29, 1.82) is 0 Å². The Hall–Kier alpha value is -3.57. The second-order valence-electron chi connectivity index (χ2n) is 6.94. The van der Waals surface area contributed by atoms with Crippen LogP contribution in [0.1, 0.15) is 0 Å². The van der Waals surface area contributed by atoms with E-state index < -0.39 is 20.0 Å². The lowest BCUT2D eigenvalue weighted by molar-refractivity contribution is -0.118. The zero-order valence-corrected chi connectivity index (χ0v) is 18.5. The quantitative estimate of drug-likeness (QED) is 0.568. The van der Waals surface area contributed by atoms with E-state index >= 15 is 0 Å². The van der Waals surface area contributed by atoms with Gasteiger partial charge in [0.2, 0.25) is 0 Å². The molecule has 3 aromatic carbocycles. The van der Waals surface area contributed by atoms with Gasteiger partial charge in [0.05, 0.1) is 26.9 Å². The molecule has 2 N–H and O–H groups in total. The topological polar surface area (TPSA) is 122 Å². The smallest absolute Gasteiger partial charge is 0.264 e. The highest BCUT2D eigenvalue weighted by Crippen LogP contribution is 2.31. The fourth-order valence-electron chi connectivity index (χ4n) is 3.10. The van der Waals surface area contributed by atoms with Crippen molar-refractivity contribution in [2.45, 2.75) is 9.79 Å². The zero-order chi connectivity index (χ0) is 22.9. The standard InChI is InChI=1S/C21H19N3O6S2/c1-24(16-7-3-2-4-8-16)32(28,29)18-9-5-6-15(12-18)23-31(26,27)17-10-11-20-19(13-17)22-21(25)14-30-20/h2-13,23H,14H2,1H3,(H,22,25). The fraction of sp³-hybridized carbons (Fsp3) is 0.0952. The molecule has 0 saturated carbocycles. The number of hydrogen-bond acceptors (Lipinski definition) is 6. The summed E-state index contributed by atoms with van der Waals surface area (Å²) in [6.07, 6.45) is 0. The molecule has 1 aliphatic rings. The van der Waals surface area contributed by atoms with E-state index in [9.17, 15) is 21.6 Å². The number of nitrogens with zero attached hydrogens (tertiary/aromatic N) is 1. The summed E-state index contributed by atoms with van der Waals surface area (Å²) in [7, 11) is -6.56. The van der Waals surface area contributed by atoms with Crippen LogP contribution in [0, 0.1) is 0 Å². The minimum absolute atomic E-state index is 0.0739. The first-order valence-corrected chi connectivity index (χ1v) is 12.3. The molecule has 11 heteroatoms. The Labute approximate surface area is 185 Å². The van der Waals surface area contributed by atoms with Crippen molar-refractivity contribution in [2.24, 2.45) is 0 Å². The summed E-state index contributed by atoms with van der Waals surface area (Å²) in [6, 6.07) is 18.1. The van der Waals surface area contributed by atoms with E-state index in [0.717, 1.165) is 4.31 Å². The fourth-order valence-corrected chi connectivity index (χ4v) is 5.42. The first-order chi connectivity index (χ1) is 15.2. The molecule has 0 aromatic heterocycles. The molecule has 166 valence electrons. The first-order valence-electron chi connectivity index (χ1n) is 9.40. The lowest BCUT2D eigenvalue weighted by Gasteiger charge is -2.20. The number of anilines is 3. The number of ether oxygens (including phenoxy) is 1. The number of carbonyl (C=O) groups excluding carboxylic acids is 1. The molecule has 32 heavy (non-hydrogen) atoms. The Morgan fingerprint density at radius 3 is 2.41 bits per heavy atom. The van der Waals surface area contributed by atoms with Crippen LogP contribution in [0.2, 0.25) is 0 Å². The van der Waals surface area contributed by atoms with E-state index in [1.54, 1.807) is 30.3 Å². The Morgan fingerprint density at radius 2 is 1.66 bits per heavy atom. The van der Waals surface area contributed by atoms with Gasteiger partial charge >= 0.3 is 0 Å². The second kappa shape index (κ2) is 8.17. The molecule has 0 spiro atoms. The minimum Gasteiger partial charge on any atom is -0.482 e. The molecule has 9 nitrogen and oxygen atoms in total. The van der Waals surface area contributed by atoms with Crippen molar-refractivity contribution >= 4 is 43.0 Å². The van der Waals surface area contributed by atoms with Gasteiger partial charge in [0.15, 0.2) is 6.61 Å². The Morgan fingerprint density at radius 1 is 0.906 bits per heavy atom. The number of rotatable bonds is 6. The molecule has 0 bridgehead atoms. The maximum absolute atomic E-state index is 13.0. The van der Waals surface area contributed by atoms with E-state index in [0.29, 0.717) is 11.4 Å². The van der Waals surface area contributed by atoms with E-state index in [2.05, 4.69) is 10.0 Å². The van der Waals surface area contributed by atoms with Gasteiger partial charge in [-0.25, -0.2) is 16.8 Å². The number of benzene rings is 3. The van der Waals surface area contributed by atoms with E-state index in [4.69, 9.17) is 4.74 Å². The summed E-state index contributed by atoms with van der Waals surface area (Å²) in [6.45, 7) is -0.143. The summed E-state index contributed by atoms with van der Waals surface area (Å²) in [5.41, 5.74) is 0.785. The van der Waals surface area contributed by atoms with Crippen LogP contribution in [0.3, 0.4) is 0 Å². The van der Waals surface area contributed by atoms with Crippen LogP contribution < -0.4 is 19.1 Å². The summed E-state index contributed by atoms with van der Waals surface area (Å²) in [4.78, 5) is 11.3. The molecule has 3 aromatic rings. The van der Waals surface area contributed by atoms with Gasteiger partial charge < -0.3 is 10.1 Å². The molecule has 0 unspecified atom stereocenters. The molecule has 1 aliphatic heterocycles. The number of amides is 1.